The molecule has 0 amide bonds. The molecule has 1 aromatic heterocycles. The zero-order valence-corrected chi connectivity index (χ0v) is 20.4. The average Bonchev–Trinajstić information content (AvgIpc) is 3.46. The summed E-state index contributed by atoms with van der Waals surface area (Å²) >= 11 is 1.68. The normalized spacial score (nSPS) is 20.0. The van der Waals surface area contributed by atoms with Crippen LogP contribution in [0.25, 0.3) is 11.0 Å². The van der Waals surface area contributed by atoms with E-state index in [2.05, 4.69) is 35.8 Å². The molecule has 0 saturated carbocycles. The third kappa shape index (κ3) is 4.97. The summed E-state index contributed by atoms with van der Waals surface area (Å²) in [6.45, 7) is 5.23. The number of aryl methyl sites for hydroxylation is 1. The molecule has 0 bridgehead atoms. The van der Waals surface area contributed by atoms with Crippen molar-refractivity contribution in [3.05, 3.63) is 53.6 Å². The van der Waals surface area contributed by atoms with Crippen LogP contribution in [0.4, 0.5) is 0 Å². The van der Waals surface area contributed by atoms with Gasteiger partial charge in [0.15, 0.2) is 5.16 Å². The van der Waals surface area contributed by atoms with Gasteiger partial charge in [-0.1, -0.05) is 41.6 Å². The molecule has 0 spiro atoms. The Hall–Kier alpha value is -1.91. The van der Waals surface area contributed by atoms with Gasteiger partial charge in [0.25, 0.3) is 0 Å². The molecule has 2 saturated heterocycles. The molecule has 2 aliphatic rings. The third-order valence-electron chi connectivity index (χ3n) is 6.15. The van der Waals surface area contributed by atoms with Crippen molar-refractivity contribution in [2.45, 2.75) is 48.2 Å². The van der Waals surface area contributed by atoms with E-state index in [1.165, 1.54) is 15.4 Å². The minimum Gasteiger partial charge on any atom is -0.379 e. The summed E-state index contributed by atoms with van der Waals surface area (Å²) in [6.07, 6.45) is 2.27. The van der Waals surface area contributed by atoms with Crippen LogP contribution >= 0.6 is 11.8 Å². The number of rotatable bonds is 7. The Labute approximate surface area is 199 Å². The smallest absolute Gasteiger partial charge is 0.243 e. The molecule has 9 heteroatoms. The number of aromatic nitrogens is 2. The van der Waals surface area contributed by atoms with Crippen molar-refractivity contribution < 1.29 is 17.9 Å². The molecule has 2 aromatic carbocycles. The summed E-state index contributed by atoms with van der Waals surface area (Å²) in [7, 11) is -3.57. The molecule has 3 aromatic rings. The van der Waals surface area contributed by atoms with E-state index in [1.807, 2.05) is 6.07 Å². The highest BCUT2D eigenvalue weighted by Crippen LogP contribution is 2.31. The second-order valence-corrected chi connectivity index (χ2v) is 11.5. The molecule has 0 radical (unpaired) electrons. The van der Waals surface area contributed by atoms with Gasteiger partial charge in [0.1, 0.15) is 0 Å². The van der Waals surface area contributed by atoms with Gasteiger partial charge < -0.3 is 14.0 Å². The predicted octanol–water partition coefficient (Wildman–Crippen LogP) is 3.84. The molecule has 1 atom stereocenters. The summed E-state index contributed by atoms with van der Waals surface area (Å²) in [5.41, 5.74) is 4.12. The molecule has 0 N–H and O–H groups in total. The van der Waals surface area contributed by atoms with E-state index in [0.717, 1.165) is 42.4 Å². The maximum Gasteiger partial charge on any atom is 0.243 e. The lowest BCUT2D eigenvalue weighted by molar-refractivity contribution is 0.0730. The number of thioether (sulfide) groups is 1. The van der Waals surface area contributed by atoms with Crippen LogP contribution in [-0.4, -0.2) is 61.3 Å². The average molecular weight is 488 g/mol. The predicted molar refractivity (Wildman–Crippen MR) is 129 cm³/mol. The lowest BCUT2D eigenvalue weighted by atomic mass is 10.2. The minimum absolute atomic E-state index is 0.164. The van der Waals surface area contributed by atoms with Crippen LogP contribution in [0, 0.1) is 6.92 Å². The summed E-state index contributed by atoms with van der Waals surface area (Å²) in [6, 6.07) is 13.8. The number of fused-ring (bicyclic) bond motifs is 1. The van der Waals surface area contributed by atoms with Gasteiger partial charge in [-0.05, 0) is 43.5 Å². The van der Waals surface area contributed by atoms with E-state index < -0.39 is 10.0 Å². The monoisotopic (exact) mass is 487 g/mol. The number of hydrogen-bond donors (Lipinski definition) is 0. The van der Waals surface area contributed by atoms with Gasteiger partial charge in [-0.2, -0.15) is 4.31 Å². The lowest BCUT2D eigenvalue weighted by Crippen LogP contribution is -2.40. The van der Waals surface area contributed by atoms with E-state index >= 15 is 0 Å². The van der Waals surface area contributed by atoms with Gasteiger partial charge in [-0.15, -0.1) is 0 Å². The molecule has 0 aliphatic carbocycles. The van der Waals surface area contributed by atoms with Crippen LogP contribution in [-0.2, 0) is 31.8 Å². The second kappa shape index (κ2) is 9.76. The Morgan fingerprint density at radius 2 is 1.97 bits per heavy atom. The zero-order chi connectivity index (χ0) is 22.8. The first kappa shape index (κ1) is 22.9. The number of sulfonamides is 1. The van der Waals surface area contributed by atoms with Crippen molar-refractivity contribution in [3.63, 3.8) is 0 Å². The second-order valence-electron chi connectivity index (χ2n) is 8.58. The van der Waals surface area contributed by atoms with Gasteiger partial charge in [0, 0.05) is 25.4 Å². The molecule has 1 unspecified atom stereocenters. The molecule has 2 aliphatic heterocycles. The summed E-state index contributed by atoms with van der Waals surface area (Å²) in [5, 5.41) is 0.892. The molecular weight excluding hydrogens is 458 g/mol. The molecule has 3 heterocycles. The van der Waals surface area contributed by atoms with E-state index in [9.17, 15) is 8.42 Å². The first-order valence-corrected chi connectivity index (χ1v) is 13.8. The Balaban J connectivity index is 1.47. The van der Waals surface area contributed by atoms with Gasteiger partial charge in [-0.25, -0.2) is 13.4 Å². The summed E-state index contributed by atoms with van der Waals surface area (Å²) in [4.78, 5) is 5.16. The fourth-order valence-corrected chi connectivity index (χ4v) is 6.81. The topological polar surface area (TPSA) is 73.7 Å². The maximum absolute atomic E-state index is 13.2. The van der Waals surface area contributed by atoms with Crippen LogP contribution in [0.15, 0.2) is 52.5 Å². The van der Waals surface area contributed by atoms with Crippen molar-refractivity contribution in [1.82, 2.24) is 13.9 Å². The van der Waals surface area contributed by atoms with E-state index in [0.29, 0.717) is 31.8 Å². The Morgan fingerprint density at radius 3 is 2.73 bits per heavy atom. The minimum atomic E-state index is -3.57. The van der Waals surface area contributed by atoms with Crippen LogP contribution in [0.2, 0.25) is 0 Å². The van der Waals surface area contributed by atoms with Crippen LogP contribution in [0.5, 0.6) is 0 Å². The van der Waals surface area contributed by atoms with Crippen molar-refractivity contribution >= 4 is 32.8 Å². The molecule has 5 rings (SSSR count). The summed E-state index contributed by atoms with van der Waals surface area (Å²) in [5.74, 6) is 0.801. The number of ether oxygens (including phenoxy) is 2. The van der Waals surface area contributed by atoms with Crippen molar-refractivity contribution in [2.24, 2.45) is 0 Å². The zero-order valence-electron chi connectivity index (χ0n) is 18.8. The van der Waals surface area contributed by atoms with Gasteiger partial charge in [0.05, 0.1) is 41.8 Å². The largest absolute Gasteiger partial charge is 0.379 e. The van der Waals surface area contributed by atoms with Gasteiger partial charge in [-0.3, -0.25) is 0 Å². The highest BCUT2D eigenvalue weighted by molar-refractivity contribution is 7.98. The SMILES string of the molecule is Cc1cccc(CSc2nc3cc(S(=O)(=O)N4CCOCC4)ccc3n2CC2CCCO2)c1. The highest BCUT2D eigenvalue weighted by Gasteiger charge is 2.27. The highest BCUT2D eigenvalue weighted by atomic mass is 32.2. The number of nitrogens with zero attached hydrogens (tertiary/aromatic N) is 3. The van der Waals surface area contributed by atoms with Crippen LogP contribution < -0.4 is 0 Å². The molecule has 2 fully saturated rings. The molecule has 33 heavy (non-hydrogen) atoms. The standard InChI is InChI=1S/C24H29N3O4S2/c1-18-4-2-5-19(14-18)17-32-24-25-22-15-21(33(28,29)26-9-12-30-13-10-26)7-8-23(22)27(24)16-20-6-3-11-31-20/h2,4-5,7-8,14-15,20H,3,6,9-13,16-17H2,1H3. The number of hydrogen-bond acceptors (Lipinski definition) is 6. The quantitative estimate of drug-likeness (QED) is 0.472. The maximum atomic E-state index is 13.2. The van der Waals surface area contributed by atoms with E-state index in [1.54, 1.807) is 23.9 Å². The first-order chi connectivity index (χ1) is 16.0. The van der Waals surface area contributed by atoms with Crippen LogP contribution in [0.3, 0.4) is 0 Å². The fraction of sp³-hybridized carbons (Fsp3) is 0.458. The number of imidazole rings is 1. The fourth-order valence-electron chi connectivity index (χ4n) is 4.41. The van der Waals surface area contributed by atoms with Gasteiger partial charge in [0.2, 0.25) is 10.0 Å². The van der Waals surface area contributed by atoms with E-state index in [-0.39, 0.29) is 11.0 Å². The Morgan fingerprint density at radius 1 is 1.12 bits per heavy atom. The Bertz CT molecular complexity index is 1230. The first-order valence-electron chi connectivity index (χ1n) is 11.4. The third-order valence-corrected chi connectivity index (χ3v) is 9.10. The van der Waals surface area contributed by atoms with E-state index in [4.69, 9.17) is 14.5 Å². The number of morpholine rings is 1. The summed E-state index contributed by atoms with van der Waals surface area (Å²) < 4.78 is 41.2. The molecule has 7 nitrogen and oxygen atoms in total. The lowest BCUT2D eigenvalue weighted by Gasteiger charge is -2.26. The molecule has 176 valence electrons. The van der Waals surface area contributed by atoms with Gasteiger partial charge >= 0.3 is 0 Å². The van der Waals surface area contributed by atoms with Crippen molar-refractivity contribution in [3.8, 4) is 0 Å². The number of benzene rings is 2. The Kier molecular flexibility index (Phi) is 6.76. The van der Waals surface area contributed by atoms with Crippen LogP contribution in [0.1, 0.15) is 24.0 Å². The van der Waals surface area contributed by atoms with Crippen molar-refractivity contribution in [1.29, 1.82) is 0 Å². The molecular formula is C24H29N3O4S2. The van der Waals surface area contributed by atoms with Crippen molar-refractivity contribution in [2.75, 3.05) is 32.9 Å².